The molecule has 3 aromatic heterocycles. The summed E-state index contributed by atoms with van der Waals surface area (Å²) in [4.78, 5) is 27.0. The Morgan fingerprint density at radius 1 is 1.17 bits per heavy atom. The third kappa shape index (κ3) is 2.99. The zero-order valence-electron chi connectivity index (χ0n) is 16.9. The Balaban J connectivity index is 1.38. The van der Waals surface area contributed by atoms with E-state index in [0.29, 0.717) is 18.2 Å². The maximum Gasteiger partial charge on any atom is 0.324 e. The van der Waals surface area contributed by atoms with Crippen molar-refractivity contribution in [2.45, 2.75) is 32.2 Å². The van der Waals surface area contributed by atoms with Crippen LogP contribution in [0, 0.1) is 0 Å². The maximum absolute atomic E-state index is 12.2. The van der Waals surface area contributed by atoms with Crippen LogP contribution in [-0.4, -0.2) is 73.5 Å². The topological polar surface area (TPSA) is 87.7 Å². The number of anilines is 2. The summed E-state index contributed by atoms with van der Waals surface area (Å²) < 4.78 is 3.80. The van der Waals surface area contributed by atoms with Crippen LogP contribution in [0.1, 0.15) is 37.9 Å². The van der Waals surface area contributed by atoms with Gasteiger partial charge in [-0.3, -0.25) is 9.58 Å². The first kappa shape index (κ1) is 17.9. The smallest absolute Gasteiger partial charge is 0.324 e. The molecule has 2 aliphatic rings. The predicted octanol–water partition coefficient (Wildman–Crippen LogP) is 1.77. The average Bonchev–Trinajstić information content (AvgIpc) is 3.48. The quantitative estimate of drug-likeness (QED) is 0.669. The van der Waals surface area contributed by atoms with E-state index < -0.39 is 0 Å². The normalized spacial score (nSPS) is 20.1. The lowest BCUT2D eigenvalue weighted by Gasteiger charge is -2.20. The molecular weight excluding hydrogens is 370 g/mol. The lowest BCUT2D eigenvalue weighted by molar-refractivity contribution is 0.229. The number of hydrogen-bond acceptors (Lipinski definition) is 6. The van der Waals surface area contributed by atoms with Crippen LogP contribution in [0.2, 0.25) is 0 Å². The summed E-state index contributed by atoms with van der Waals surface area (Å²) in [5.74, 6) is 1.97. The van der Waals surface area contributed by atoms with Gasteiger partial charge >= 0.3 is 6.03 Å². The minimum Gasteiger partial charge on any atom is -0.354 e. The summed E-state index contributed by atoms with van der Waals surface area (Å²) in [6, 6.07) is 2.39. The molecule has 29 heavy (non-hydrogen) atoms. The molecule has 0 aromatic carbocycles. The minimum atomic E-state index is 0.0316. The van der Waals surface area contributed by atoms with Crippen molar-refractivity contribution in [2.24, 2.45) is 0 Å². The molecule has 0 N–H and O–H groups in total. The van der Waals surface area contributed by atoms with Crippen LogP contribution >= 0.6 is 0 Å². The van der Waals surface area contributed by atoms with E-state index in [-0.39, 0.29) is 12.1 Å². The van der Waals surface area contributed by atoms with Crippen LogP contribution in [0.4, 0.5) is 16.3 Å². The molecule has 2 amide bonds. The molecule has 152 valence electrons. The van der Waals surface area contributed by atoms with Gasteiger partial charge in [0.15, 0.2) is 0 Å². The van der Waals surface area contributed by atoms with Crippen molar-refractivity contribution < 1.29 is 4.79 Å². The monoisotopic (exact) mass is 395 g/mol. The Morgan fingerprint density at radius 2 is 2.03 bits per heavy atom. The zero-order valence-corrected chi connectivity index (χ0v) is 16.9. The van der Waals surface area contributed by atoms with Gasteiger partial charge in [0, 0.05) is 45.5 Å². The van der Waals surface area contributed by atoms with Gasteiger partial charge in [0.05, 0.1) is 23.6 Å². The van der Waals surface area contributed by atoms with Gasteiger partial charge in [-0.2, -0.15) is 19.7 Å². The minimum absolute atomic E-state index is 0.0316. The average molecular weight is 395 g/mol. The SMILES string of the molecule is CC(C)c1cc(N2CCC(n3cc(N4CCN(C)C4=O)cn3)C2)n2ncnc2n1. The number of fused-ring (bicyclic) bond motifs is 1. The number of hydrogen-bond donors (Lipinski definition) is 0. The van der Waals surface area contributed by atoms with Crippen molar-refractivity contribution in [1.29, 1.82) is 0 Å². The number of likely N-dealkylation sites (N-methyl/N-ethyl adjacent to an activating group) is 1. The molecule has 2 fully saturated rings. The van der Waals surface area contributed by atoms with E-state index in [4.69, 9.17) is 0 Å². The Kier molecular flexibility index (Phi) is 4.14. The summed E-state index contributed by atoms with van der Waals surface area (Å²) in [5, 5.41) is 8.92. The van der Waals surface area contributed by atoms with Gasteiger partial charge < -0.3 is 9.80 Å². The molecule has 3 aromatic rings. The number of rotatable bonds is 4. The second-order valence-electron chi connectivity index (χ2n) is 8.09. The zero-order chi connectivity index (χ0) is 20.1. The molecule has 1 unspecified atom stereocenters. The number of carbonyl (C=O) groups excluding carboxylic acids is 1. The first-order chi connectivity index (χ1) is 14.0. The molecule has 10 heteroatoms. The molecule has 0 bridgehead atoms. The fourth-order valence-electron chi connectivity index (χ4n) is 4.06. The standard InChI is InChI=1S/C19H25N9O/c1-13(2)16-8-17(28-18(23-16)20-12-22-28)25-5-4-14(10-25)27-11-15(9-21-27)26-7-6-24(3)19(26)29/h8-9,11-14H,4-7,10H2,1-3H3. The molecule has 2 aliphatic heterocycles. The molecule has 5 rings (SSSR count). The fraction of sp³-hybridized carbons (Fsp3) is 0.526. The highest BCUT2D eigenvalue weighted by Gasteiger charge is 2.30. The third-order valence-corrected chi connectivity index (χ3v) is 5.82. The van der Waals surface area contributed by atoms with Crippen LogP contribution in [0.25, 0.3) is 5.78 Å². The van der Waals surface area contributed by atoms with Crippen molar-refractivity contribution in [2.75, 3.05) is 43.0 Å². The Hall–Kier alpha value is -3.17. The van der Waals surface area contributed by atoms with Crippen molar-refractivity contribution in [3.63, 3.8) is 0 Å². The van der Waals surface area contributed by atoms with E-state index in [1.165, 1.54) is 0 Å². The van der Waals surface area contributed by atoms with Gasteiger partial charge in [0.25, 0.3) is 5.78 Å². The van der Waals surface area contributed by atoms with Crippen molar-refractivity contribution in [3.8, 4) is 0 Å². The molecule has 0 spiro atoms. The van der Waals surface area contributed by atoms with Crippen molar-refractivity contribution in [1.82, 2.24) is 34.3 Å². The van der Waals surface area contributed by atoms with Gasteiger partial charge in [-0.15, -0.1) is 0 Å². The van der Waals surface area contributed by atoms with Crippen LogP contribution in [-0.2, 0) is 0 Å². The largest absolute Gasteiger partial charge is 0.354 e. The molecule has 1 atom stereocenters. The molecular formula is C19H25N9O. The fourth-order valence-corrected chi connectivity index (χ4v) is 4.06. The second kappa shape index (κ2) is 6.71. The lowest BCUT2D eigenvalue weighted by atomic mass is 10.1. The van der Waals surface area contributed by atoms with Gasteiger partial charge in [0.1, 0.15) is 12.1 Å². The Bertz CT molecular complexity index is 1060. The van der Waals surface area contributed by atoms with Crippen LogP contribution in [0.3, 0.4) is 0 Å². The summed E-state index contributed by atoms with van der Waals surface area (Å²) >= 11 is 0. The Morgan fingerprint density at radius 3 is 2.79 bits per heavy atom. The summed E-state index contributed by atoms with van der Waals surface area (Å²) in [5.41, 5.74) is 1.88. The highest BCUT2D eigenvalue weighted by atomic mass is 16.2. The van der Waals surface area contributed by atoms with E-state index in [1.807, 2.05) is 22.4 Å². The van der Waals surface area contributed by atoms with Crippen LogP contribution in [0.5, 0.6) is 0 Å². The highest BCUT2D eigenvalue weighted by Crippen LogP contribution is 2.30. The van der Waals surface area contributed by atoms with Gasteiger partial charge in [0.2, 0.25) is 0 Å². The molecule has 0 aliphatic carbocycles. The second-order valence-corrected chi connectivity index (χ2v) is 8.09. The van der Waals surface area contributed by atoms with Gasteiger partial charge in [-0.25, -0.2) is 9.78 Å². The molecule has 0 saturated carbocycles. The number of amides is 2. The molecule has 5 heterocycles. The molecule has 10 nitrogen and oxygen atoms in total. The lowest BCUT2D eigenvalue weighted by Crippen LogP contribution is -2.28. The number of aromatic nitrogens is 6. The van der Waals surface area contributed by atoms with Gasteiger partial charge in [-0.1, -0.05) is 13.8 Å². The van der Waals surface area contributed by atoms with Crippen molar-refractivity contribution in [3.05, 3.63) is 30.5 Å². The van der Waals surface area contributed by atoms with E-state index >= 15 is 0 Å². The molecule has 2 saturated heterocycles. The molecule has 0 radical (unpaired) electrons. The summed E-state index contributed by atoms with van der Waals surface area (Å²) in [6.07, 6.45) is 6.30. The first-order valence-corrected chi connectivity index (χ1v) is 10.0. The van der Waals surface area contributed by atoms with Crippen molar-refractivity contribution >= 4 is 23.3 Å². The third-order valence-electron chi connectivity index (χ3n) is 5.82. The van der Waals surface area contributed by atoms with E-state index in [1.54, 1.807) is 22.3 Å². The number of urea groups is 1. The van der Waals surface area contributed by atoms with E-state index in [9.17, 15) is 4.79 Å². The Labute approximate surface area is 168 Å². The van der Waals surface area contributed by atoms with Crippen LogP contribution < -0.4 is 9.80 Å². The van der Waals surface area contributed by atoms with Gasteiger partial charge in [-0.05, 0) is 12.3 Å². The highest BCUT2D eigenvalue weighted by molar-refractivity contribution is 5.93. The number of nitrogens with zero attached hydrogens (tertiary/aromatic N) is 9. The first-order valence-electron chi connectivity index (χ1n) is 10.0. The number of carbonyl (C=O) groups is 1. The predicted molar refractivity (Wildman–Crippen MR) is 108 cm³/mol. The summed E-state index contributed by atoms with van der Waals surface area (Å²) in [7, 11) is 1.83. The van der Waals surface area contributed by atoms with E-state index in [0.717, 1.165) is 43.3 Å². The van der Waals surface area contributed by atoms with E-state index in [2.05, 4.69) is 45.0 Å². The summed E-state index contributed by atoms with van der Waals surface area (Å²) in [6.45, 7) is 7.45. The van der Waals surface area contributed by atoms with Crippen LogP contribution in [0.15, 0.2) is 24.8 Å². The maximum atomic E-state index is 12.2.